The maximum absolute atomic E-state index is 12.9. The van der Waals surface area contributed by atoms with E-state index in [1.807, 2.05) is 84.9 Å². The Morgan fingerprint density at radius 3 is 1.52 bits per heavy atom. The number of rotatable bonds is 11. The van der Waals surface area contributed by atoms with E-state index in [1.165, 1.54) is 0 Å². The molecule has 10 rings (SSSR count). The van der Waals surface area contributed by atoms with Crippen LogP contribution in [0.4, 0.5) is 13.2 Å². The molecule has 2 aliphatic carbocycles. The first-order chi connectivity index (χ1) is 30.8. The molecule has 64 heavy (non-hydrogen) atoms. The number of benzene rings is 4. The van der Waals surface area contributed by atoms with Crippen LogP contribution in [0.25, 0.3) is 56.3 Å². The van der Waals surface area contributed by atoms with Crippen LogP contribution in [-0.2, 0) is 9.84 Å². The van der Waals surface area contributed by atoms with Crippen molar-refractivity contribution in [3.05, 3.63) is 145 Å². The van der Waals surface area contributed by atoms with E-state index in [0.29, 0.717) is 57.4 Å². The van der Waals surface area contributed by atoms with Crippen molar-refractivity contribution in [2.75, 3.05) is 12.0 Å². The van der Waals surface area contributed by atoms with Gasteiger partial charge in [-0.2, -0.15) is 13.2 Å². The molecule has 12 nitrogen and oxygen atoms in total. The van der Waals surface area contributed by atoms with E-state index >= 15 is 0 Å². The second-order valence-electron chi connectivity index (χ2n) is 15.6. The van der Waals surface area contributed by atoms with Gasteiger partial charge in [0.25, 0.3) is 11.8 Å². The summed E-state index contributed by atoms with van der Waals surface area (Å²) < 4.78 is 67.1. The number of aromatic nitrogens is 6. The summed E-state index contributed by atoms with van der Waals surface area (Å²) in [6.07, 6.45) is 7.70. The fourth-order valence-electron chi connectivity index (χ4n) is 6.92. The van der Waals surface area contributed by atoms with Crippen LogP contribution >= 0.6 is 11.8 Å². The van der Waals surface area contributed by atoms with Crippen molar-refractivity contribution < 1.29 is 31.2 Å². The Kier molecular flexibility index (Phi) is 11.5. The molecule has 4 aromatic heterocycles. The Morgan fingerprint density at radius 2 is 1.08 bits per heavy atom. The van der Waals surface area contributed by atoms with Crippen LogP contribution in [0, 0.1) is 0 Å². The number of nitrogens with one attached hydrogen (secondary N) is 2. The number of nitrogens with zero attached hydrogens (tertiary/aromatic N) is 6. The quantitative estimate of drug-likeness (QED) is 0.121. The molecular weight excluding hydrogens is 862 g/mol. The van der Waals surface area contributed by atoms with Gasteiger partial charge < -0.3 is 10.6 Å². The molecular formula is C47H39F3N8O4S2. The summed E-state index contributed by atoms with van der Waals surface area (Å²) in [6.45, 7) is 0. The predicted molar refractivity (Wildman–Crippen MR) is 239 cm³/mol. The molecule has 0 saturated heterocycles. The first-order valence-corrected chi connectivity index (χ1v) is 23.2. The van der Waals surface area contributed by atoms with Gasteiger partial charge in [-0.05, 0) is 49.9 Å². The van der Waals surface area contributed by atoms with Crippen LogP contribution in [0.5, 0.6) is 0 Å². The minimum atomic E-state index is -4.32. The second-order valence-corrected chi connectivity index (χ2v) is 18.5. The number of hydrogen-bond donors (Lipinski definition) is 2. The number of amides is 2. The molecule has 324 valence electrons. The third kappa shape index (κ3) is 9.70. The average Bonchev–Trinajstić information content (AvgIpc) is 4.22. The third-order valence-corrected chi connectivity index (χ3v) is 12.5. The van der Waals surface area contributed by atoms with Crippen molar-refractivity contribution in [2.45, 2.75) is 54.0 Å². The van der Waals surface area contributed by atoms with Gasteiger partial charge in [0.15, 0.2) is 26.2 Å². The topological polar surface area (TPSA) is 153 Å². The normalized spacial score (nSPS) is 13.9. The number of imidazole rings is 2. The van der Waals surface area contributed by atoms with Crippen LogP contribution in [0.2, 0.25) is 0 Å². The van der Waals surface area contributed by atoms with E-state index in [4.69, 9.17) is 0 Å². The van der Waals surface area contributed by atoms with Crippen LogP contribution in [0.1, 0.15) is 46.4 Å². The second kappa shape index (κ2) is 17.4. The number of halogens is 3. The molecule has 0 bridgehead atoms. The van der Waals surface area contributed by atoms with E-state index in [9.17, 15) is 31.2 Å². The highest BCUT2D eigenvalue weighted by atomic mass is 32.2. The lowest BCUT2D eigenvalue weighted by Gasteiger charge is -2.11. The van der Waals surface area contributed by atoms with E-state index in [0.717, 1.165) is 54.2 Å². The largest absolute Gasteiger partial charge is 0.398 e. The summed E-state index contributed by atoms with van der Waals surface area (Å²) in [7, 11) is -3.60. The number of hydrogen-bond acceptors (Lipinski definition) is 9. The number of fused-ring (bicyclic) bond motifs is 2. The molecule has 4 aromatic carbocycles. The van der Waals surface area contributed by atoms with Crippen LogP contribution in [0.3, 0.4) is 0 Å². The zero-order valence-corrected chi connectivity index (χ0v) is 35.8. The van der Waals surface area contributed by atoms with Crippen molar-refractivity contribution in [3.8, 4) is 45.0 Å². The summed E-state index contributed by atoms with van der Waals surface area (Å²) in [5.74, 6) is -1.24. The Bertz CT molecular complexity index is 3120. The molecule has 2 fully saturated rings. The number of carbonyl (C=O) groups excluding carboxylic acids is 2. The van der Waals surface area contributed by atoms with Crippen molar-refractivity contribution in [1.82, 2.24) is 39.4 Å². The van der Waals surface area contributed by atoms with Crippen molar-refractivity contribution >= 4 is 44.7 Å². The Labute approximate surface area is 370 Å². The van der Waals surface area contributed by atoms with Gasteiger partial charge in [-0.3, -0.25) is 18.4 Å². The molecule has 0 spiro atoms. The molecule has 17 heteroatoms. The lowest BCUT2D eigenvalue weighted by atomic mass is 10.1. The Morgan fingerprint density at radius 1 is 0.641 bits per heavy atom. The zero-order valence-electron chi connectivity index (χ0n) is 34.2. The fourth-order valence-corrected chi connectivity index (χ4v) is 8.41. The Hall–Kier alpha value is -6.85. The summed E-state index contributed by atoms with van der Waals surface area (Å²) in [6, 6.07) is 33.6. The third-order valence-electron chi connectivity index (χ3n) is 10.5. The summed E-state index contributed by atoms with van der Waals surface area (Å²) >= 11 is 0.620. The molecule has 0 radical (unpaired) electrons. The van der Waals surface area contributed by atoms with Gasteiger partial charge in [0.2, 0.25) is 0 Å². The maximum atomic E-state index is 12.9. The lowest BCUT2D eigenvalue weighted by Crippen LogP contribution is -2.25. The molecule has 2 amide bonds. The van der Waals surface area contributed by atoms with Gasteiger partial charge in [-0.1, -0.05) is 96.7 Å². The van der Waals surface area contributed by atoms with Gasteiger partial charge in [0, 0.05) is 64.1 Å². The molecule has 8 aromatic rings. The molecule has 2 N–H and O–H groups in total. The molecule has 0 aliphatic heterocycles. The smallest absolute Gasteiger partial charge is 0.349 e. The standard InChI is InChI=1S/C24H19F3N4OS.C23H20N4O3S/c25-24(26,27)14-33-23-21-28-12-20(31(21)13-19(30-23)15-4-2-1-3-5-15)16-6-8-17(9-7-16)22(32)29-18-10-11-18;1-31(29,30)23-21-24-13-20(27(21)14-19(26-23)15-5-3-2-4-6-15)16-7-9-17(10-8-16)22(28)25-18-11-12-18/h1-9,12-13,18H,10-11,14H2,(H,29,32);2-10,13-14,18H,11-12H2,1H3,(H,25,28). The van der Waals surface area contributed by atoms with Gasteiger partial charge in [0.05, 0.1) is 40.9 Å². The summed E-state index contributed by atoms with van der Waals surface area (Å²) in [4.78, 5) is 42.1. The van der Waals surface area contributed by atoms with Crippen LogP contribution in [-0.4, -0.2) is 79.2 Å². The minimum Gasteiger partial charge on any atom is -0.349 e. The van der Waals surface area contributed by atoms with Gasteiger partial charge in [-0.25, -0.2) is 28.4 Å². The zero-order chi connectivity index (χ0) is 44.6. The monoisotopic (exact) mass is 900 g/mol. The number of thioether (sulfide) groups is 1. The van der Waals surface area contributed by atoms with Crippen LogP contribution in [0.15, 0.2) is 144 Å². The molecule has 2 saturated carbocycles. The highest BCUT2D eigenvalue weighted by Crippen LogP contribution is 2.34. The highest BCUT2D eigenvalue weighted by molar-refractivity contribution is 7.99. The van der Waals surface area contributed by atoms with Crippen molar-refractivity contribution in [3.63, 3.8) is 0 Å². The van der Waals surface area contributed by atoms with E-state index < -0.39 is 21.8 Å². The lowest BCUT2D eigenvalue weighted by molar-refractivity contribution is -0.105. The summed E-state index contributed by atoms with van der Waals surface area (Å²) in [5.41, 5.74) is 7.49. The summed E-state index contributed by atoms with van der Waals surface area (Å²) in [5, 5.41) is 6.07. The van der Waals surface area contributed by atoms with E-state index in [-0.39, 0.29) is 33.6 Å². The molecule has 2 aliphatic rings. The molecule has 4 heterocycles. The fraction of sp³-hybridized carbons (Fsp3) is 0.191. The highest BCUT2D eigenvalue weighted by Gasteiger charge is 2.29. The van der Waals surface area contributed by atoms with Crippen molar-refractivity contribution in [1.29, 1.82) is 0 Å². The van der Waals surface area contributed by atoms with Gasteiger partial charge >= 0.3 is 6.18 Å². The average molecular weight is 901 g/mol. The van der Waals surface area contributed by atoms with Crippen molar-refractivity contribution in [2.24, 2.45) is 0 Å². The van der Waals surface area contributed by atoms with E-state index in [1.54, 1.807) is 57.9 Å². The molecule has 0 atom stereocenters. The number of alkyl halides is 3. The number of carbonyl (C=O) groups is 2. The van der Waals surface area contributed by atoms with Gasteiger partial charge in [-0.15, -0.1) is 0 Å². The number of sulfone groups is 1. The van der Waals surface area contributed by atoms with Crippen LogP contribution < -0.4 is 10.6 Å². The first-order valence-electron chi connectivity index (χ1n) is 20.4. The minimum absolute atomic E-state index is 0.0689. The predicted octanol–water partition coefficient (Wildman–Crippen LogP) is 8.97. The van der Waals surface area contributed by atoms with Gasteiger partial charge in [0.1, 0.15) is 5.03 Å². The first kappa shape index (κ1) is 42.5. The molecule has 0 unspecified atom stereocenters. The Balaban J connectivity index is 0.000000162. The SMILES string of the molecule is CS(=O)(=O)c1nc(-c2ccccc2)cn2c(-c3ccc(C(=O)NC4CC4)cc3)cnc12.O=C(NC1CC1)c1ccc(-c2cnc3c(SCC(F)(F)F)nc(-c4ccccc4)cn23)cc1. The van der Waals surface area contributed by atoms with E-state index in [2.05, 4.69) is 30.6 Å². The maximum Gasteiger partial charge on any atom is 0.398 e.